The average molecular weight is 474 g/mol. The van der Waals surface area contributed by atoms with Crippen LogP contribution >= 0.6 is 0 Å². The highest BCUT2D eigenvalue weighted by Crippen LogP contribution is 2.49. The van der Waals surface area contributed by atoms with Crippen molar-refractivity contribution in [2.24, 2.45) is 5.41 Å². The average Bonchev–Trinajstić information content (AvgIpc) is 2.87. The van der Waals surface area contributed by atoms with Gasteiger partial charge in [0, 0.05) is 17.7 Å². The van der Waals surface area contributed by atoms with Crippen LogP contribution in [0, 0.1) is 5.41 Å². The number of amides is 1. The third-order valence-electron chi connectivity index (χ3n) is 5.96. The Balaban J connectivity index is 2.04. The van der Waals surface area contributed by atoms with Gasteiger partial charge in [0.05, 0.1) is 24.0 Å². The highest BCUT2D eigenvalue weighted by atomic mass is 19.4. The predicted octanol–water partition coefficient (Wildman–Crippen LogP) is 5.50. The number of nitrogens with zero attached hydrogens (tertiary/aromatic N) is 1. The van der Waals surface area contributed by atoms with Crippen LogP contribution in [0.1, 0.15) is 45.2 Å². The van der Waals surface area contributed by atoms with Gasteiger partial charge in [0.1, 0.15) is 0 Å². The van der Waals surface area contributed by atoms with E-state index in [0.717, 1.165) is 0 Å². The van der Waals surface area contributed by atoms with E-state index in [1.54, 1.807) is 19.1 Å². The van der Waals surface area contributed by atoms with Crippen LogP contribution in [-0.2, 0) is 9.59 Å². The fraction of sp³-hybridized carbons (Fsp3) is 0.360. The fourth-order valence-corrected chi connectivity index (χ4v) is 4.63. The number of halogens is 3. The Kier molecular flexibility index (Phi) is 5.83. The Labute approximate surface area is 195 Å². The number of benzene rings is 2. The lowest BCUT2D eigenvalue weighted by atomic mass is 9.73. The Bertz CT molecular complexity index is 1190. The molecule has 4 rings (SSSR count). The first-order valence-corrected chi connectivity index (χ1v) is 10.9. The summed E-state index contributed by atoms with van der Waals surface area (Å²) in [7, 11) is 0. The number of anilines is 2. The molecule has 1 unspecified atom stereocenters. The van der Waals surface area contributed by atoms with E-state index in [0.29, 0.717) is 22.7 Å². The van der Waals surface area contributed by atoms with E-state index in [-0.39, 0.29) is 47.1 Å². The maximum Gasteiger partial charge on any atom is 0.471 e. The van der Waals surface area contributed by atoms with Crippen molar-refractivity contribution in [1.29, 1.82) is 0 Å². The second kappa shape index (κ2) is 8.38. The van der Waals surface area contributed by atoms with Gasteiger partial charge >= 0.3 is 12.1 Å². The van der Waals surface area contributed by atoms with Crippen molar-refractivity contribution in [3.63, 3.8) is 0 Å². The zero-order valence-corrected chi connectivity index (χ0v) is 19.0. The first-order valence-electron chi connectivity index (χ1n) is 10.9. The summed E-state index contributed by atoms with van der Waals surface area (Å²) in [5.41, 5.74) is 0.670. The lowest BCUT2D eigenvalue weighted by Gasteiger charge is -2.37. The van der Waals surface area contributed by atoms with Gasteiger partial charge in [-0.2, -0.15) is 13.2 Å². The number of allylic oxidation sites excluding steroid dienone is 1. The molecule has 1 amide bonds. The van der Waals surface area contributed by atoms with Crippen molar-refractivity contribution < 1.29 is 32.6 Å². The monoisotopic (exact) mass is 474 g/mol. The third-order valence-corrected chi connectivity index (χ3v) is 5.96. The molecule has 2 aromatic carbocycles. The minimum absolute atomic E-state index is 0.000802. The van der Waals surface area contributed by atoms with Crippen molar-refractivity contribution >= 4 is 23.1 Å². The van der Waals surface area contributed by atoms with Crippen LogP contribution in [0.5, 0.6) is 11.5 Å². The van der Waals surface area contributed by atoms with Crippen LogP contribution in [0.15, 0.2) is 53.7 Å². The maximum absolute atomic E-state index is 13.9. The van der Waals surface area contributed by atoms with E-state index < -0.39 is 23.5 Å². The van der Waals surface area contributed by atoms with E-state index in [2.05, 4.69) is 5.32 Å². The lowest BCUT2D eigenvalue weighted by molar-refractivity contribution is -0.170. The van der Waals surface area contributed by atoms with Crippen molar-refractivity contribution in [2.45, 2.75) is 45.8 Å². The number of phenols is 1. The molecule has 2 N–H and O–H groups in total. The molecule has 1 atom stereocenters. The summed E-state index contributed by atoms with van der Waals surface area (Å²) in [6, 6.07) is 8.88. The lowest BCUT2D eigenvalue weighted by Crippen LogP contribution is -2.45. The summed E-state index contributed by atoms with van der Waals surface area (Å²) in [6.07, 6.45) is -4.67. The summed E-state index contributed by atoms with van der Waals surface area (Å²) < 4.78 is 47.1. The van der Waals surface area contributed by atoms with Crippen LogP contribution in [-0.4, -0.2) is 29.6 Å². The van der Waals surface area contributed by atoms with Crippen LogP contribution in [0.2, 0.25) is 0 Å². The van der Waals surface area contributed by atoms with Gasteiger partial charge in [-0.3, -0.25) is 14.5 Å². The summed E-state index contributed by atoms with van der Waals surface area (Å²) in [5.74, 6) is -2.58. The fourth-order valence-electron chi connectivity index (χ4n) is 4.63. The number of Topliss-reactive ketones (excluding diaryl/α,β-unsaturated/α-hetero) is 1. The van der Waals surface area contributed by atoms with Crippen LogP contribution in [0.25, 0.3) is 0 Å². The second-order valence-electron chi connectivity index (χ2n) is 9.21. The van der Waals surface area contributed by atoms with Gasteiger partial charge in [-0.25, -0.2) is 0 Å². The van der Waals surface area contributed by atoms with Crippen LogP contribution in [0.3, 0.4) is 0 Å². The van der Waals surface area contributed by atoms with Gasteiger partial charge in [-0.05, 0) is 48.6 Å². The molecule has 2 aliphatic rings. The molecule has 0 aromatic heterocycles. The highest BCUT2D eigenvalue weighted by Gasteiger charge is 2.50. The van der Waals surface area contributed by atoms with Gasteiger partial charge in [-0.1, -0.05) is 32.0 Å². The molecular formula is C25H25F3N2O4. The molecule has 0 radical (unpaired) electrons. The number of alkyl halides is 3. The molecule has 180 valence electrons. The number of ether oxygens (including phenoxy) is 1. The normalized spacial score (nSPS) is 19.6. The molecule has 2 aromatic rings. The number of carbonyl (C=O) groups excluding carboxylic acids is 2. The molecule has 0 saturated heterocycles. The van der Waals surface area contributed by atoms with Crippen LogP contribution < -0.4 is 15.0 Å². The summed E-state index contributed by atoms with van der Waals surface area (Å²) in [4.78, 5) is 26.9. The van der Waals surface area contributed by atoms with Gasteiger partial charge in [0.25, 0.3) is 0 Å². The van der Waals surface area contributed by atoms with Crippen molar-refractivity contribution in [3.05, 3.63) is 59.3 Å². The molecule has 0 fully saturated rings. The largest absolute Gasteiger partial charge is 0.504 e. The van der Waals surface area contributed by atoms with E-state index in [1.807, 2.05) is 13.8 Å². The van der Waals surface area contributed by atoms with Crippen molar-refractivity contribution in [2.75, 3.05) is 16.8 Å². The summed E-state index contributed by atoms with van der Waals surface area (Å²) >= 11 is 0. The number of hydrogen-bond acceptors (Lipinski definition) is 5. The molecule has 9 heteroatoms. The second-order valence-corrected chi connectivity index (χ2v) is 9.21. The number of carbonyl (C=O) groups is 2. The number of ketones is 1. The molecule has 0 bridgehead atoms. The van der Waals surface area contributed by atoms with Crippen molar-refractivity contribution in [3.8, 4) is 11.5 Å². The molecule has 6 nitrogen and oxygen atoms in total. The molecular weight excluding hydrogens is 449 g/mol. The summed E-state index contributed by atoms with van der Waals surface area (Å²) in [5, 5.41) is 13.3. The van der Waals surface area contributed by atoms with E-state index in [1.165, 1.54) is 30.3 Å². The number of para-hydroxylation sites is 2. The number of hydrogen-bond donors (Lipinski definition) is 2. The van der Waals surface area contributed by atoms with E-state index in [9.17, 15) is 27.9 Å². The molecule has 0 spiro atoms. The number of fused-ring (bicyclic) bond motifs is 1. The quantitative estimate of drug-likeness (QED) is 0.615. The zero-order valence-electron chi connectivity index (χ0n) is 19.0. The third kappa shape index (κ3) is 4.22. The SMILES string of the molecule is CCOc1cc(C2C3=C(CC(C)(C)CC3=O)Nc3ccccc3N2C(=O)C(F)(F)F)ccc1O. The highest BCUT2D eigenvalue weighted by molar-refractivity contribution is 6.07. The first kappa shape index (κ1) is 23.7. The number of phenolic OH excluding ortho intramolecular Hbond substituents is 1. The summed E-state index contributed by atoms with van der Waals surface area (Å²) in [6.45, 7) is 5.73. The maximum atomic E-state index is 13.9. The molecule has 1 heterocycles. The van der Waals surface area contributed by atoms with Crippen LogP contribution in [0.4, 0.5) is 24.5 Å². The Morgan fingerprint density at radius 3 is 2.59 bits per heavy atom. The molecule has 1 aliphatic carbocycles. The zero-order chi connectivity index (χ0) is 24.8. The van der Waals surface area contributed by atoms with Gasteiger partial charge in [0.2, 0.25) is 0 Å². The van der Waals surface area contributed by atoms with Crippen molar-refractivity contribution in [1.82, 2.24) is 0 Å². The van der Waals surface area contributed by atoms with Gasteiger partial charge < -0.3 is 15.2 Å². The Hall–Kier alpha value is -3.49. The smallest absolute Gasteiger partial charge is 0.471 e. The van der Waals surface area contributed by atoms with E-state index in [4.69, 9.17) is 4.74 Å². The Morgan fingerprint density at radius 1 is 1.21 bits per heavy atom. The number of aromatic hydroxyl groups is 1. The van der Waals surface area contributed by atoms with E-state index >= 15 is 0 Å². The minimum Gasteiger partial charge on any atom is -0.504 e. The first-order chi connectivity index (χ1) is 15.9. The minimum atomic E-state index is -5.19. The standard InChI is InChI=1S/C25H25F3N2O4/c1-4-34-20-11-14(9-10-18(20)31)22-21-16(12-24(2,3)13-19(21)32)29-15-7-5-6-8-17(15)30(22)23(33)25(26,27)28/h5-11,22,29,31H,4,12-13H2,1-3H3. The molecule has 1 aliphatic heterocycles. The number of rotatable bonds is 3. The van der Waals surface area contributed by atoms with Gasteiger partial charge in [-0.15, -0.1) is 0 Å². The predicted molar refractivity (Wildman–Crippen MR) is 121 cm³/mol. The molecule has 34 heavy (non-hydrogen) atoms. The van der Waals surface area contributed by atoms with Gasteiger partial charge in [0.15, 0.2) is 17.3 Å². The Morgan fingerprint density at radius 2 is 1.91 bits per heavy atom. The topological polar surface area (TPSA) is 78.9 Å². The number of nitrogens with one attached hydrogen (secondary N) is 1. The molecule has 0 saturated carbocycles.